The van der Waals surface area contributed by atoms with E-state index < -0.39 is 0 Å². The number of alkyl halides is 4. The quantitative estimate of drug-likeness (QED) is 0.298. The summed E-state index contributed by atoms with van der Waals surface area (Å²) in [6, 6.07) is 7.53. The first-order chi connectivity index (χ1) is 10.5. The largest absolute Gasteiger partial charge is 0.497 e. The molecule has 0 fully saturated rings. The van der Waals surface area contributed by atoms with E-state index in [0.29, 0.717) is 13.1 Å². The van der Waals surface area contributed by atoms with E-state index in [1.807, 2.05) is 29.2 Å². The minimum atomic E-state index is 0.0315. The van der Waals surface area contributed by atoms with Gasteiger partial charge in [0.2, 0.25) is 0 Å². The van der Waals surface area contributed by atoms with E-state index in [-0.39, 0.29) is 14.9 Å². The van der Waals surface area contributed by atoms with Crippen LogP contribution in [0.5, 0.6) is 5.75 Å². The average molecular weight is 583 g/mol. The summed E-state index contributed by atoms with van der Waals surface area (Å²) < 4.78 is 5.20. The summed E-state index contributed by atoms with van der Waals surface area (Å²) >= 11 is 15.2. The molecule has 1 aromatic rings. The van der Waals surface area contributed by atoms with Crippen molar-refractivity contribution >= 4 is 80.7 Å². The van der Waals surface area contributed by atoms with Crippen LogP contribution in [0.1, 0.15) is 0 Å². The summed E-state index contributed by atoms with van der Waals surface area (Å²) in [5, 5.41) is 1.62. The van der Waals surface area contributed by atoms with Crippen LogP contribution in [0.15, 0.2) is 29.2 Å². The van der Waals surface area contributed by atoms with Crippen LogP contribution in [0.25, 0.3) is 0 Å². The molecule has 0 aliphatic rings. The number of rotatable bonds is 8. The second-order valence-electron chi connectivity index (χ2n) is 4.46. The van der Waals surface area contributed by atoms with Gasteiger partial charge in [-0.25, -0.2) is 0 Å². The number of hydrogen-bond donors (Lipinski definition) is 0. The molecular weight excluding hydrogens is 566 g/mol. The zero-order chi connectivity index (χ0) is 16.5. The molecule has 0 aliphatic heterocycles. The van der Waals surface area contributed by atoms with E-state index in [9.17, 15) is 4.79 Å². The Morgan fingerprint density at radius 1 is 1.23 bits per heavy atom. The van der Waals surface area contributed by atoms with Crippen LogP contribution >= 0.6 is 75.5 Å². The Balaban J connectivity index is 2.76. The molecule has 0 saturated heterocycles. The molecular formula is C14H17Br4NO2S. The Morgan fingerprint density at radius 2 is 1.82 bits per heavy atom. The van der Waals surface area contributed by atoms with Crippen molar-refractivity contribution in [3.05, 3.63) is 24.3 Å². The molecule has 0 N–H and O–H groups in total. The smallest absolute Gasteiger partial charge is 0.286 e. The van der Waals surface area contributed by atoms with Crippen LogP contribution in [0.3, 0.4) is 0 Å². The average Bonchev–Trinajstić information content (AvgIpc) is 2.53. The molecule has 3 nitrogen and oxygen atoms in total. The number of hydrogen-bond acceptors (Lipinski definition) is 3. The Hall–Kier alpha value is 0.760. The van der Waals surface area contributed by atoms with Crippen LogP contribution in [-0.2, 0) is 0 Å². The minimum absolute atomic E-state index is 0.0315. The van der Waals surface area contributed by atoms with Gasteiger partial charge in [-0.05, 0) is 30.0 Å². The fraction of sp³-hybridized carbons (Fsp3) is 0.500. The fourth-order valence-electron chi connectivity index (χ4n) is 1.63. The molecule has 1 amide bonds. The van der Waals surface area contributed by atoms with Gasteiger partial charge in [0, 0.05) is 38.3 Å². The van der Waals surface area contributed by atoms with Crippen molar-refractivity contribution in [1.82, 2.24) is 4.90 Å². The topological polar surface area (TPSA) is 29.5 Å². The number of amides is 1. The number of carbonyl (C=O) groups is 1. The van der Waals surface area contributed by atoms with E-state index in [0.717, 1.165) is 21.3 Å². The Morgan fingerprint density at radius 3 is 2.32 bits per heavy atom. The number of carbonyl (C=O) groups excluding carboxylic acids is 1. The first-order valence-corrected chi connectivity index (χ1v) is 11.4. The summed E-state index contributed by atoms with van der Waals surface area (Å²) in [5.74, 6) is 0.752. The van der Waals surface area contributed by atoms with E-state index in [2.05, 4.69) is 63.7 Å². The lowest BCUT2D eigenvalue weighted by molar-refractivity contribution is 0.225. The zero-order valence-corrected chi connectivity index (χ0v) is 19.1. The molecule has 0 aliphatic carbocycles. The Bertz CT molecular complexity index is 466. The van der Waals surface area contributed by atoms with Crippen molar-refractivity contribution in [1.29, 1.82) is 0 Å². The third-order valence-corrected chi connectivity index (χ3v) is 8.13. The number of nitrogens with zero attached hydrogens (tertiary/aromatic N) is 1. The maximum atomic E-state index is 12.6. The highest BCUT2D eigenvalue weighted by Crippen LogP contribution is 2.26. The maximum absolute atomic E-state index is 12.6. The second kappa shape index (κ2) is 11.3. The number of ether oxygens (including phenoxy) is 1. The third kappa shape index (κ3) is 7.55. The van der Waals surface area contributed by atoms with Gasteiger partial charge in [-0.3, -0.25) is 4.79 Å². The van der Waals surface area contributed by atoms with Crippen LogP contribution in [0, 0.1) is 0 Å². The van der Waals surface area contributed by atoms with Crippen molar-refractivity contribution in [2.45, 2.75) is 14.5 Å². The summed E-state index contributed by atoms with van der Waals surface area (Å²) in [4.78, 5) is 15.8. The molecule has 2 atom stereocenters. The highest BCUT2D eigenvalue weighted by Gasteiger charge is 2.21. The summed E-state index contributed by atoms with van der Waals surface area (Å²) in [5.41, 5.74) is 0. The number of methoxy groups -OCH3 is 1. The molecule has 22 heavy (non-hydrogen) atoms. The fourth-order valence-corrected chi connectivity index (χ4v) is 3.54. The van der Waals surface area contributed by atoms with Crippen molar-refractivity contribution in [2.75, 3.05) is 30.9 Å². The van der Waals surface area contributed by atoms with Gasteiger partial charge in [0.1, 0.15) is 5.75 Å². The van der Waals surface area contributed by atoms with Crippen LogP contribution < -0.4 is 4.74 Å². The number of thioether (sulfide) groups is 1. The summed E-state index contributed by atoms with van der Waals surface area (Å²) in [6.45, 7) is 1.30. The predicted molar refractivity (Wildman–Crippen MR) is 109 cm³/mol. The van der Waals surface area contributed by atoms with Gasteiger partial charge in [-0.15, -0.1) is 0 Å². The van der Waals surface area contributed by atoms with E-state index in [1.165, 1.54) is 11.8 Å². The summed E-state index contributed by atoms with van der Waals surface area (Å²) in [7, 11) is 1.62. The van der Waals surface area contributed by atoms with E-state index in [4.69, 9.17) is 4.74 Å². The molecule has 0 heterocycles. The first-order valence-electron chi connectivity index (χ1n) is 6.51. The third-order valence-electron chi connectivity index (χ3n) is 2.68. The number of halogens is 4. The van der Waals surface area contributed by atoms with Gasteiger partial charge in [-0.2, -0.15) is 0 Å². The van der Waals surface area contributed by atoms with Crippen molar-refractivity contribution < 1.29 is 9.53 Å². The minimum Gasteiger partial charge on any atom is -0.497 e. The van der Waals surface area contributed by atoms with E-state index >= 15 is 0 Å². The molecule has 0 radical (unpaired) electrons. The Labute approximate surface area is 169 Å². The molecule has 1 aromatic carbocycles. The van der Waals surface area contributed by atoms with Gasteiger partial charge in [-0.1, -0.05) is 69.8 Å². The van der Waals surface area contributed by atoms with Crippen LogP contribution in [-0.4, -0.2) is 50.7 Å². The number of benzene rings is 1. The van der Waals surface area contributed by atoms with Gasteiger partial charge in [0.15, 0.2) is 0 Å². The second-order valence-corrected chi connectivity index (χ2v) is 9.36. The molecule has 0 spiro atoms. The van der Waals surface area contributed by atoms with Gasteiger partial charge >= 0.3 is 0 Å². The lowest BCUT2D eigenvalue weighted by Crippen LogP contribution is -2.38. The SMILES string of the molecule is COc1cccc(SC(=O)N(CC(Br)CBr)CC(Br)CBr)c1. The molecule has 0 saturated carbocycles. The molecule has 2 unspecified atom stereocenters. The highest BCUT2D eigenvalue weighted by molar-refractivity contribution is 9.12. The van der Waals surface area contributed by atoms with Crippen molar-refractivity contribution in [3.8, 4) is 5.75 Å². The van der Waals surface area contributed by atoms with Crippen molar-refractivity contribution in [2.24, 2.45) is 0 Å². The van der Waals surface area contributed by atoms with Crippen molar-refractivity contribution in [3.63, 3.8) is 0 Å². The standard InChI is InChI=1S/C14H17Br4NO2S/c1-21-12-3-2-4-13(5-12)22-14(20)19(8-10(17)6-15)9-11(18)7-16/h2-5,10-11H,6-9H2,1H3. The van der Waals surface area contributed by atoms with Gasteiger partial charge in [0.25, 0.3) is 5.24 Å². The highest BCUT2D eigenvalue weighted by atomic mass is 79.9. The zero-order valence-electron chi connectivity index (χ0n) is 12.0. The molecule has 0 aromatic heterocycles. The monoisotopic (exact) mass is 579 g/mol. The Kier molecular flexibility index (Phi) is 10.7. The summed E-state index contributed by atoms with van der Waals surface area (Å²) in [6.07, 6.45) is 0. The van der Waals surface area contributed by atoms with E-state index in [1.54, 1.807) is 7.11 Å². The lowest BCUT2D eigenvalue weighted by atomic mass is 10.3. The first kappa shape index (κ1) is 20.8. The molecule has 124 valence electrons. The molecule has 0 bridgehead atoms. The predicted octanol–water partition coefficient (Wildman–Crippen LogP) is 5.53. The molecule has 1 rings (SSSR count). The molecule has 8 heteroatoms. The van der Waals surface area contributed by atoms with Crippen LogP contribution in [0.4, 0.5) is 4.79 Å². The van der Waals surface area contributed by atoms with Crippen LogP contribution in [0.2, 0.25) is 0 Å². The van der Waals surface area contributed by atoms with Gasteiger partial charge < -0.3 is 9.64 Å². The normalized spacial score (nSPS) is 13.5. The van der Waals surface area contributed by atoms with Gasteiger partial charge in [0.05, 0.1) is 7.11 Å². The maximum Gasteiger partial charge on any atom is 0.286 e. The lowest BCUT2D eigenvalue weighted by Gasteiger charge is -2.26.